The molecule has 33 heavy (non-hydrogen) atoms. The molecule has 3 aromatic carbocycles. The van der Waals surface area contributed by atoms with Gasteiger partial charge in [-0.15, -0.1) is 0 Å². The number of hydrogen-bond donors (Lipinski definition) is 2. The van der Waals surface area contributed by atoms with Crippen molar-refractivity contribution in [3.63, 3.8) is 0 Å². The van der Waals surface area contributed by atoms with Gasteiger partial charge in [-0.2, -0.15) is 0 Å². The average Bonchev–Trinajstić information content (AvgIpc) is 3.13. The van der Waals surface area contributed by atoms with Crippen LogP contribution < -0.4 is 10.6 Å². The largest absolute Gasteiger partial charge is 0.354 e. The van der Waals surface area contributed by atoms with Crippen molar-refractivity contribution in [3.8, 4) is 0 Å². The highest BCUT2D eigenvalue weighted by molar-refractivity contribution is 9.10. The summed E-state index contributed by atoms with van der Waals surface area (Å²) in [4.78, 5) is 32.4. The average molecular weight is 520 g/mol. The molecular weight excluding hydrogens is 498 g/mol. The molecule has 0 spiro atoms. The molecule has 2 aliphatic rings. The van der Waals surface area contributed by atoms with Gasteiger partial charge in [0.15, 0.2) is 0 Å². The molecule has 0 saturated carbocycles. The van der Waals surface area contributed by atoms with Gasteiger partial charge in [0.05, 0.1) is 11.4 Å². The van der Waals surface area contributed by atoms with Crippen LogP contribution in [0.1, 0.15) is 40.7 Å². The maximum atomic E-state index is 13.0. The van der Waals surface area contributed by atoms with Gasteiger partial charge in [0.25, 0.3) is 5.91 Å². The SMILES string of the molecule is O=C(NC1CCCCNC1=O)c1ccc2c(c1)N=C(c1ccc(Br)cc1)c1ccccc1S2. The van der Waals surface area contributed by atoms with Crippen molar-refractivity contribution in [3.05, 3.63) is 87.9 Å². The molecular formula is C26H22BrN3O2S. The fourth-order valence-corrected chi connectivity index (χ4v) is 5.30. The molecule has 2 amide bonds. The molecule has 1 unspecified atom stereocenters. The van der Waals surface area contributed by atoms with Crippen LogP contribution in [0.25, 0.3) is 0 Å². The number of halogens is 1. The zero-order valence-electron chi connectivity index (χ0n) is 17.8. The zero-order chi connectivity index (χ0) is 22.8. The van der Waals surface area contributed by atoms with E-state index in [-0.39, 0.29) is 11.8 Å². The van der Waals surface area contributed by atoms with Gasteiger partial charge in [0, 0.05) is 37.5 Å². The fourth-order valence-electron chi connectivity index (χ4n) is 4.03. The number of nitrogens with one attached hydrogen (secondary N) is 2. The van der Waals surface area contributed by atoms with E-state index in [1.807, 2.05) is 48.5 Å². The molecule has 2 heterocycles. The summed E-state index contributed by atoms with van der Waals surface area (Å²) in [6, 6.07) is 21.3. The first-order valence-electron chi connectivity index (χ1n) is 10.9. The molecule has 0 radical (unpaired) electrons. The number of aliphatic imine (C=N–C) groups is 1. The smallest absolute Gasteiger partial charge is 0.252 e. The molecule has 3 aromatic rings. The van der Waals surface area contributed by atoms with Crippen LogP contribution in [-0.4, -0.2) is 30.1 Å². The third-order valence-electron chi connectivity index (χ3n) is 5.77. The second-order valence-electron chi connectivity index (χ2n) is 8.06. The van der Waals surface area contributed by atoms with E-state index in [4.69, 9.17) is 4.99 Å². The first-order chi connectivity index (χ1) is 16.1. The summed E-state index contributed by atoms with van der Waals surface area (Å²) in [5.41, 5.74) is 4.17. The van der Waals surface area contributed by atoms with Gasteiger partial charge in [-0.1, -0.05) is 58.0 Å². The summed E-state index contributed by atoms with van der Waals surface area (Å²) in [6.45, 7) is 0.662. The number of carbonyl (C=O) groups is 2. The lowest BCUT2D eigenvalue weighted by atomic mass is 10.0. The Morgan fingerprint density at radius 2 is 1.85 bits per heavy atom. The minimum Gasteiger partial charge on any atom is -0.354 e. The number of nitrogens with zero attached hydrogens (tertiary/aromatic N) is 1. The van der Waals surface area contributed by atoms with E-state index in [0.29, 0.717) is 18.5 Å². The van der Waals surface area contributed by atoms with Gasteiger partial charge < -0.3 is 10.6 Å². The van der Waals surface area contributed by atoms with Crippen molar-refractivity contribution >= 4 is 50.9 Å². The molecule has 2 N–H and O–H groups in total. The third-order valence-corrected chi connectivity index (χ3v) is 7.44. The van der Waals surface area contributed by atoms with E-state index in [1.165, 1.54) is 0 Å². The lowest BCUT2D eigenvalue weighted by Crippen LogP contribution is -2.45. The van der Waals surface area contributed by atoms with Gasteiger partial charge >= 0.3 is 0 Å². The molecule has 0 bridgehead atoms. The normalized spacial score (nSPS) is 17.5. The van der Waals surface area contributed by atoms with Gasteiger partial charge in [0.1, 0.15) is 6.04 Å². The summed E-state index contributed by atoms with van der Waals surface area (Å²) in [5, 5.41) is 5.77. The molecule has 0 aliphatic carbocycles. The van der Waals surface area contributed by atoms with E-state index in [1.54, 1.807) is 17.8 Å². The first kappa shape index (κ1) is 21.9. The van der Waals surface area contributed by atoms with Crippen LogP contribution >= 0.6 is 27.7 Å². The van der Waals surface area contributed by atoms with Crippen molar-refractivity contribution < 1.29 is 9.59 Å². The van der Waals surface area contributed by atoms with E-state index < -0.39 is 6.04 Å². The van der Waals surface area contributed by atoms with E-state index in [9.17, 15) is 9.59 Å². The summed E-state index contributed by atoms with van der Waals surface area (Å²) in [5.74, 6) is -0.371. The van der Waals surface area contributed by atoms with Crippen molar-refractivity contribution in [2.45, 2.75) is 35.1 Å². The third kappa shape index (κ3) is 4.75. The molecule has 1 atom stereocenters. The van der Waals surface area contributed by atoms with Gasteiger partial charge in [-0.3, -0.25) is 9.59 Å². The fraction of sp³-hybridized carbons (Fsp3) is 0.192. The molecule has 166 valence electrons. The van der Waals surface area contributed by atoms with Crippen LogP contribution in [0, 0.1) is 0 Å². The van der Waals surface area contributed by atoms with Gasteiger partial charge in [-0.25, -0.2) is 4.99 Å². The van der Waals surface area contributed by atoms with E-state index >= 15 is 0 Å². The molecule has 2 aliphatic heterocycles. The summed E-state index contributed by atoms with van der Waals surface area (Å²) in [6.07, 6.45) is 2.49. The lowest BCUT2D eigenvalue weighted by molar-refractivity contribution is -0.122. The predicted molar refractivity (Wildman–Crippen MR) is 135 cm³/mol. The molecule has 0 aromatic heterocycles. The number of rotatable bonds is 3. The van der Waals surface area contributed by atoms with Crippen molar-refractivity contribution in [1.29, 1.82) is 0 Å². The van der Waals surface area contributed by atoms with Crippen molar-refractivity contribution in [2.75, 3.05) is 6.54 Å². The molecule has 5 rings (SSSR count). The Hall–Kier alpha value is -2.90. The Kier molecular flexibility index (Phi) is 6.33. The highest BCUT2D eigenvalue weighted by Crippen LogP contribution is 2.41. The van der Waals surface area contributed by atoms with Crippen LogP contribution in [0.2, 0.25) is 0 Å². The molecule has 1 fully saturated rings. The number of fused-ring (bicyclic) bond motifs is 2. The Balaban J connectivity index is 1.52. The maximum absolute atomic E-state index is 13.0. The monoisotopic (exact) mass is 519 g/mol. The Morgan fingerprint density at radius 3 is 2.70 bits per heavy atom. The summed E-state index contributed by atoms with van der Waals surface area (Å²) in [7, 11) is 0. The topological polar surface area (TPSA) is 70.6 Å². The highest BCUT2D eigenvalue weighted by atomic mass is 79.9. The maximum Gasteiger partial charge on any atom is 0.252 e. The predicted octanol–water partition coefficient (Wildman–Crippen LogP) is 5.48. The first-order valence-corrected chi connectivity index (χ1v) is 12.5. The van der Waals surface area contributed by atoms with Crippen LogP contribution in [0.5, 0.6) is 0 Å². The van der Waals surface area contributed by atoms with Crippen LogP contribution in [0.3, 0.4) is 0 Å². The molecule has 1 saturated heterocycles. The lowest BCUT2D eigenvalue weighted by Gasteiger charge is -2.15. The van der Waals surface area contributed by atoms with Crippen LogP contribution in [0.4, 0.5) is 5.69 Å². The Bertz CT molecular complexity index is 1260. The zero-order valence-corrected chi connectivity index (χ0v) is 20.2. The minimum absolute atomic E-state index is 0.114. The second kappa shape index (κ2) is 9.53. The summed E-state index contributed by atoms with van der Waals surface area (Å²) >= 11 is 5.15. The minimum atomic E-state index is -0.501. The molecule has 7 heteroatoms. The van der Waals surface area contributed by atoms with Gasteiger partial charge in [-0.05, 0) is 55.7 Å². The Morgan fingerprint density at radius 1 is 1.03 bits per heavy atom. The number of amides is 2. The van der Waals surface area contributed by atoms with Crippen LogP contribution in [-0.2, 0) is 4.79 Å². The number of benzene rings is 3. The van der Waals surface area contributed by atoms with E-state index in [0.717, 1.165) is 49.6 Å². The van der Waals surface area contributed by atoms with Crippen molar-refractivity contribution in [1.82, 2.24) is 10.6 Å². The molecule has 5 nitrogen and oxygen atoms in total. The Labute approximate surface area is 205 Å². The van der Waals surface area contributed by atoms with Crippen molar-refractivity contribution in [2.24, 2.45) is 4.99 Å². The number of hydrogen-bond acceptors (Lipinski definition) is 4. The second-order valence-corrected chi connectivity index (χ2v) is 10.1. The van der Waals surface area contributed by atoms with Gasteiger partial charge in [0.2, 0.25) is 5.91 Å². The number of carbonyl (C=O) groups excluding carboxylic acids is 2. The van der Waals surface area contributed by atoms with Crippen LogP contribution in [0.15, 0.2) is 86.0 Å². The highest BCUT2D eigenvalue weighted by Gasteiger charge is 2.24. The van der Waals surface area contributed by atoms with E-state index in [2.05, 4.69) is 38.7 Å². The quantitative estimate of drug-likeness (QED) is 0.376. The standard InChI is InChI=1S/C26H22BrN3O2S/c27-18-11-8-16(9-12-18)24-19-5-1-2-7-22(19)33-23-13-10-17(15-21(23)29-24)25(31)30-20-6-3-4-14-28-26(20)32/h1-2,5,7-13,15,20H,3-4,6,14H2,(H,28,32)(H,30,31). The summed E-state index contributed by atoms with van der Waals surface area (Å²) < 4.78 is 1.00.